The van der Waals surface area contributed by atoms with Crippen LogP contribution in [0.2, 0.25) is 5.02 Å². The van der Waals surface area contributed by atoms with E-state index in [9.17, 15) is 0 Å². The molecule has 0 bridgehead atoms. The molecule has 100 valence electrons. The van der Waals surface area contributed by atoms with Gasteiger partial charge in [-0.15, -0.1) is 0 Å². The minimum absolute atomic E-state index is 0.444. The molecule has 0 N–H and O–H groups in total. The fourth-order valence-electron chi connectivity index (χ4n) is 1.80. The first kappa shape index (κ1) is 14.1. The van der Waals surface area contributed by atoms with Crippen molar-refractivity contribution < 1.29 is 0 Å². The maximum absolute atomic E-state index is 5.76. The molecule has 2 nitrogen and oxygen atoms in total. The van der Waals surface area contributed by atoms with Crippen LogP contribution in [0.25, 0.3) is 19.6 Å². The van der Waals surface area contributed by atoms with Crippen molar-refractivity contribution in [3.63, 3.8) is 0 Å². The van der Waals surface area contributed by atoms with Gasteiger partial charge >= 0.3 is 134 Å². The average Bonchev–Trinajstić information content (AvgIpc) is 3.06. The van der Waals surface area contributed by atoms with Crippen molar-refractivity contribution in [2.75, 3.05) is 0 Å². The molecular formula is C15H11ClN2Se2. The summed E-state index contributed by atoms with van der Waals surface area (Å²) in [6.07, 6.45) is 0. The number of hydrogen-bond acceptors (Lipinski definition) is 2. The third-order valence-corrected chi connectivity index (χ3v) is 6.41. The molecule has 4 rings (SSSR count). The number of aromatic nitrogens is 2. The van der Waals surface area contributed by atoms with E-state index in [4.69, 9.17) is 11.6 Å². The molecule has 0 aliphatic rings. The molecule has 2 aromatic heterocycles. The summed E-state index contributed by atoms with van der Waals surface area (Å²) in [5.74, 6) is 0. The molecular weight excluding hydrogens is 402 g/mol. The third-order valence-electron chi connectivity index (χ3n) is 2.78. The van der Waals surface area contributed by atoms with Gasteiger partial charge in [0.05, 0.1) is 0 Å². The molecule has 0 spiro atoms. The van der Waals surface area contributed by atoms with Crippen molar-refractivity contribution >= 4 is 60.2 Å². The fraction of sp³-hybridized carbons (Fsp3) is 0.0667. The molecule has 0 fully saturated rings. The molecule has 5 heteroatoms. The van der Waals surface area contributed by atoms with Crippen LogP contribution in [0.3, 0.4) is 0 Å². The Morgan fingerprint density at radius 1 is 0.850 bits per heavy atom. The molecule has 0 saturated heterocycles. The summed E-state index contributed by atoms with van der Waals surface area (Å²) in [6, 6.07) is 12.3. The first-order valence-corrected chi connectivity index (χ1v) is 10.1. The van der Waals surface area contributed by atoms with E-state index >= 15 is 0 Å². The normalized spacial score (nSPS) is 10.5. The molecule has 0 aliphatic heterocycles. The van der Waals surface area contributed by atoms with Gasteiger partial charge in [-0.3, -0.25) is 0 Å². The fourth-order valence-corrected chi connectivity index (χ4v) is 4.73. The summed E-state index contributed by atoms with van der Waals surface area (Å²) in [7, 11) is 0. The van der Waals surface area contributed by atoms with E-state index in [2.05, 4.69) is 35.1 Å². The van der Waals surface area contributed by atoms with E-state index in [1.807, 2.05) is 28.3 Å². The van der Waals surface area contributed by atoms with Crippen molar-refractivity contribution in [3.8, 4) is 0 Å². The Bertz CT molecular complexity index is 779. The van der Waals surface area contributed by atoms with Gasteiger partial charge in [-0.2, -0.15) is 0 Å². The Balaban J connectivity index is 0.000000121. The number of rotatable bonds is 0. The van der Waals surface area contributed by atoms with Crippen LogP contribution < -0.4 is 0 Å². The second-order valence-electron chi connectivity index (χ2n) is 4.29. The van der Waals surface area contributed by atoms with Crippen molar-refractivity contribution in [2.45, 2.75) is 6.92 Å². The number of hydrogen-bond donors (Lipinski definition) is 0. The molecule has 0 atom stereocenters. The van der Waals surface area contributed by atoms with Gasteiger partial charge in [0.2, 0.25) is 0 Å². The van der Waals surface area contributed by atoms with E-state index in [1.54, 1.807) is 0 Å². The molecule has 0 aliphatic carbocycles. The number of aryl methyl sites for hydroxylation is 1. The molecule has 2 heterocycles. The topological polar surface area (TPSA) is 25.8 Å². The Morgan fingerprint density at radius 2 is 1.45 bits per heavy atom. The second-order valence-corrected chi connectivity index (χ2v) is 8.44. The minimum atomic E-state index is 0.444. The maximum atomic E-state index is 5.76. The molecule has 4 aromatic rings. The van der Waals surface area contributed by atoms with Crippen LogP contribution in [-0.4, -0.2) is 39.0 Å². The van der Waals surface area contributed by atoms with Crippen molar-refractivity contribution in [3.05, 3.63) is 57.1 Å². The summed E-state index contributed by atoms with van der Waals surface area (Å²) < 4.78 is 2.75. The Hall–Kier alpha value is -0.891. The number of benzene rings is 2. The van der Waals surface area contributed by atoms with E-state index < -0.39 is 0 Å². The summed E-state index contributed by atoms with van der Waals surface area (Å²) in [4.78, 5) is 8.44. The van der Waals surface area contributed by atoms with E-state index in [-0.39, 0.29) is 0 Å². The summed E-state index contributed by atoms with van der Waals surface area (Å²) in [5.41, 5.74) is 3.53. The van der Waals surface area contributed by atoms with Crippen molar-refractivity contribution in [1.82, 2.24) is 9.97 Å². The summed E-state index contributed by atoms with van der Waals surface area (Å²) in [5, 5.41) is 4.76. The number of halogens is 1. The van der Waals surface area contributed by atoms with Crippen LogP contribution in [0.4, 0.5) is 0 Å². The van der Waals surface area contributed by atoms with Crippen molar-refractivity contribution in [1.29, 1.82) is 0 Å². The van der Waals surface area contributed by atoms with E-state index in [0.29, 0.717) is 29.0 Å². The first-order chi connectivity index (χ1) is 9.72. The van der Waals surface area contributed by atoms with Crippen LogP contribution in [0.15, 0.2) is 46.5 Å². The van der Waals surface area contributed by atoms with Crippen LogP contribution in [0.1, 0.15) is 5.56 Å². The Kier molecular flexibility index (Phi) is 4.40. The molecule has 0 radical (unpaired) electrons. The van der Waals surface area contributed by atoms with Gasteiger partial charge in [0.1, 0.15) is 0 Å². The van der Waals surface area contributed by atoms with Crippen molar-refractivity contribution in [2.24, 2.45) is 0 Å². The summed E-state index contributed by atoms with van der Waals surface area (Å²) >= 11 is 6.70. The number of fused-ring (bicyclic) bond motifs is 2. The zero-order chi connectivity index (χ0) is 13.9. The van der Waals surface area contributed by atoms with E-state index in [1.165, 1.54) is 19.6 Å². The molecule has 2 aromatic carbocycles. The van der Waals surface area contributed by atoms with Crippen LogP contribution in [0, 0.1) is 6.92 Å². The van der Waals surface area contributed by atoms with Gasteiger partial charge < -0.3 is 0 Å². The SMILES string of the molecule is Cc1ccc2[se]cnc2c1.Clc1ccc2[se]cnc2c1. The second kappa shape index (κ2) is 6.26. The third kappa shape index (κ3) is 3.22. The molecule has 20 heavy (non-hydrogen) atoms. The van der Waals surface area contributed by atoms with Gasteiger partial charge in [0, 0.05) is 0 Å². The predicted octanol–water partition coefficient (Wildman–Crippen LogP) is 3.55. The summed E-state index contributed by atoms with van der Waals surface area (Å²) in [6.45, 7) is 2.10. The standard InChI is InChI=1S/C8H7NSe.C7H4ClNSe/c1-6-2-3-8-7(4-6)9-5-10-8;8-5-1-2-7-6(3-5)9-4-10-7/h2-5H,1H3;1-4H. The van der Waals surface area contributed by atoms with E-state index in [0.717, 1.165) is 10.5 Å². The predicted molar refractivity (Wildman–Crippen MR) is 87.1 cm³/mol. The van der Waals surface area contributed by atoms with Crippen LogP contribution in [-0.2, 0) is 0 Å². The van der Waals surface area contributed by atoms with Crippen LogP contribution in [0.5, 0.6) is 0 Å². The van der Waals surface area contributed by atoms with Gasteiger partial charge in [0.15, 0.2) is 0 Å². The molecule has 0 saturated carbocycles. The van der Waals surface area contributed by atoms with Gasteiger partial charge in [-0.05, 0) is 0 Å². The average molecular weight is 413 g/mol. The van der Waals surface area contributed by atoms with Gasteiger partial charge in [0.25, 0.3) is 0 Å². The van der Waals surface area contributed by atoms with Gasteiger partial charge in [-0.1, -0.05) is 0 Å². The first-order valence-electron chi connectivity index (χ1n) is 6.01. The van der Waals surface area contributed by atoms with Crippen LogP contribution >= 0.6 is 11.6 Å². The molecule has 0 unspecified atom stereocenters. The molecule has 0 amide bonds. The zero-order valence-electron chi connectivity index (χ0n) is 10.7. The monoisotopic (exact) mass is 414 g/mol. The number of nitrogens with zero attached hydrogens (tertiary/aromatic N) is 2. The zero-order valence-corrected chi connectivity index (χ0v) is 14.9. The Morgan fingerprint density at radius 3 is 2.15 bits per heavy atom. The van der Waals surface area contributed by atoms with Gasteiger partial charge in [-0.25, -0.2) is 0 Å². The Labute approximate surface area is 133 Å². The quantitative estimate of drug-likeness (QED) is 0.413.